The highest BCUT2D eigenvalue weighted by molar-refractivity contribution is 5.97. The zero-order chi connectivity index (χ0) is 14.5. The van der Waals surface area contributed by atoms with Crippen LogP contribution in [-0.2, 0) is 4.79 Å². The van der Waals surface area contributed by atoms with Crippen molar-refractivity contribution in [2.45, 2.75) is 40.5 Å². The molecule has 0 aromatic heterocycles. The van der Waals surface area contributed by atoms with E-state index in [0.29, 0.717) is 12.3 Å². The molecule has 106 valence electrons. The fourth-order valence-electron chi connectivity index (χ4n) is 2.42. The molecule has 0 saturated heterocycles. The van der Waals surface area contributed by atoms with Crippen molar-refractivity contribution < 1.29 is 4.79 Å². The lowest BCUT2D eigenvalue weighted by atomic mass is 9.76. The third-order valence-corrected chi connectivity index (χ3v) is 3.54. The molecule has 0 saturated carbocycles. The minimum atomic E-state index is -0.00736. The van der Waals surface area contributed by atoms with Gasteiger partial charge in [-0.1, -0.05) is 52.5 Å². The van der Waals surface area contributed by atoms with Gasteiger partial charge in [0.2, 0.25) is 0 Å². The van der Waals surface area contributed by atoms with Crippen molar-refractivity contribution in [3.05, 3.63) is 36.6 Å². The first-order valence-electron chi connectivity index (χ1n) is 7.14. The predicted octanol–water partition coefficient (Wildman–Crippen LogP) is 3.96. The summed E-state index contributed by atoms with van der Waals surface area (Å²) in [5.41, 5.74) is 0.958. The van der Waals surface area contributed by atoms with Crippen LogP contribution < -0.4 is 0 Å². The number of carbonyl (C=O) groups is 1. The third-order valence-electron chi connectivity index (χ3n) is 3.54. The summed E-state index contributed by atoms with van der Waals surface area (Å²) in [4.78, 5) is 14.6. The van der Waals surface area contributed by atoms with Crippen LogP contribution in [0, 0.1) is 11.3 Å². The van der Waals surface area contributed by atoms with Crippen LogP contribution in [0.25, 0.3) is 0 Å². The maximum Gasteiger partial charge on any atom is 0.164 e. The van der Waals surface area contributed by atoms with Gasteiger partial charge in [0.25, 0.3) is 0 Å². The van der Waals surface area contributed by atoms with Gasteiger partial charge in [0.05, 0.1) is 0 Å². The van der Waals surface area contributed by atoms with Crippen LogP contribution in [0.3, 0.4) is 0 Å². The maximum atomic E-state index is 12.3. The number of hydrogen-bond donors (Lipinski definition) is 0. The van der Waals surface area contributed by atoms with Gasteiger partial charge in [0.15, 0.2) is 5.78 Å². The van der Waals surface area contributed by atoms with Crippen LogP contribution in [0.2, 0.25) is 0 Å². The molecule has 2 heteroatoms. The Hall–Kier alpha value is -1.31. The molecule has 0 bridgehead atoms. The average molecular weight is 261 g/mol. The van der Waals surface area contributed by atoms with Gasteiger partial charge >= 0.3 is 0 Å². The zero-order valence-corrected chi connectivity index (χ0v) is 12.8. The lowest BCUT2D eigenvalue weighted by Gasteiger charge is -2.37. The van der Waals surface area contributed by atoms with Gasteiger partial charge in [-0.2, -0.15) is 0 Å². The summed E-state index contributed by atoms with van der Waals surface area (Å²) in [7, 11) is 0. The van der Waals surface area contributed by atoms with Crippen molar-refractivity contribution in [2.24, 2.45) is 11.3 Å². The summed E-state index contributed by atoms with van der Waals surface area (Å²) in [6.07, 6.45) is 9.03. The number of ketones is 1. The van der Waals surface area contributed by atoms with E-state index in [2.05, 4.69) is 45.4 Å². The van der Waals surface area contributed by atoms with Crippen molar-refractivity contribution in [2.75, 3.05) is 13.1 Å². The lowest BCUT2D eigenvalue weighted by Crippen LogP contribution is -2.36. The minimum Gasteiger partial charge on any atom is -0.377 e. The zero-order valence-electron chi connectivity index (χ0n) is 12.8. The number of carbonyl (C=O) groups excluding carboxylic acids is 1. The summed E-state index contributed by atoms with van der Waals surface area (Å²) >= 11 is 0. The second-order valence-electron chi connectivity index (χ2n) is 6.36. The van der Waals surface area contributed by atoms with E-state index in [1.807, 2.05) is 12.2 Å². The summed E-state index contributed by atoms with van der Waals surface area (Å²) in [5, 5.41) is 0. The first-order chi connectivity index (χ1) is 8.86. The Morgan fingerprint density at radius 1 is 1.53 bits per heavy atom. The van der Waals surface area contributed by atoms with Crippen LogP contribution in [-0.4, -0.2) is 23.8 Å². The van der Waals surface area contributed by atoms with Crippen LogP contribution in [0.4, 0.5) is 0 Å². The van der Waals surface area contributed by atoms with Crippen LogP contribution >= 0.6 is 0 Å². The van der Waals surface area contributed by atoms with Crippen molar-refractivity contribution >= 4 is 5.78 Å². The minimum absolute atomic E-state index is 0.00736. The summed E-state index contributed by atoms with van der Waals surface area (Å²) in [6, 6.07) is 0. The van der Waals surface area contributed by atoms with Crippen molar-refractivity contribution in [1.29, 1.82) is 0 Å². The van der Waals surface area contributed by atoms with Gasteiger partial charge in [-0.15, -0.1) is 0 Å². The van der Waals surface area contributed by atoms with E-state index in [1.165, 1.54) is 0 Å². The van der Waals surface area contributed by atoms with E-state index in [9.17, 15) is 4.79 Å². The standard InChI is InChI=1S/C17H27NO/c1-6-7-8-9-16(19)15-13-18(12-14(2)3)11-10-17(15,4)5/h6-8,13-14H,1,9-12H2,2-5H3/b8-7+. The molecule has 0 radical (unpaired) electrons. The Balaban J connectivity index is 2.84. The topological polar surface area (TPSA) is 20.3 Å². The normalized spacial score (nSPS) is 18.8. The fraction of sp³-hybridized carbons (Fsp3) is 0.588. The molecule has 0 unspecified atom stereocenters. The first-order valence-corrected chi connectivity index (χ1v) is 7.14. The van der Waals surface area contributed by atoms with E-state index < -0.39 is 0 Å². The second kappa shape index (κ2) is 6.74. The summed E-state index contributed by atoms with van der Waals surface area (Å²) in [5.74, 6) is 0.853. The predicted molar refractivity (Wildman–Crippen MR) is 81.9 cm³/mol. The Morgan fingerprint density at radius 2 is 2.21 bits per heavy atom. The fourth-order valence-corrected chi connectivity index (χ4v) is 2.42. The van der Waals surface area contributed by atoms with Gasteiger partial charge in [0.1, 0.15) is 0 Å². The molecule has 1 aliphatic heterocycles. The van der Waals surface area contributed by atoms with E-state index >= 15 is 0 Å². The van der Waals surface area contributed by atoms with Gasteiger partial charge in [-0.05, 0) is 17.8 Å². The molecule has 0 fully saturated rings. The van der Waals surface area contributed by atoms with Crippen LogP contribution in [0.15, 0.2) is 36.6 Å². The number of rotatable bonds is 6. The molecule has 0 N–H and O–H groups in total. The molecule has 0 spiro atoms. The first kappa shape index (κ1) is 15.7. The van der Waals surface area contributed by atoms with E-state index in [0.717, 1.165) is 25.1 Å². The smallest absolute Gasteiger partial charge is 0.164 e. The highest BCUT2D eigenvalue weighted by Crippen LogP contribution is 2.35. The van der Waals surface area contributed by atoms with Crippen molar-refractivity contribution in [3.63, 3.8) is 0 Å². The third kappa shape index (κ3) is 4.70. The molecular formula is C17H27NO. The molecule has 19 heavy (non-hydrogen) atoms. The summed E-state index contributed by atoms with van der Waals surface area (Å²) in [6.45, 7) is 14.4. The monoisotopic (exact) mass is 261 g/mol. The average Bonchev–Trinajstić information content (AvgIpc) is 2.31. The number of Topliss-reactive ketones (excluding diaryl/α,β-unsaturated/α-hetero) is 1. The highest BCUT2D eigenvalue weighted by atomic mass is 16.1. The van der Waals surface area contributed by atoms with Gasteiger partial charge < -0.3 is 4.90 Å². The second-order valence-corrected chi connectivity index (χ2v) is 6.36. The molecule has 0 atom stereocenters. The van der Waals surface area contributed by atoms with E-state index in [1.54, 1.807) is 6.08 Å². The Morgan fingerprint density at radius 3 is 2.79 bits per heavy atom. The molecular weight excluding hydrogens is 234 g/mol. The van der Waals surface area contributed by atoms with Crippen LogP contribution in [0.5, 0.6) is 0 Å². The Kier molecular flexibility index (Phi) is 5.59. The van der Waals surface area contributed by atoms with Gasteiger partial charge in [-0.25, -0.2) is 0 Å². The molecule has 0 aromatic rings. The molecule has 0 aliphatic carbocycles. The molecule has 1 heterocycles. The molecule has 2 nitrogen and oxygen atoms in total. The number of nitrogens with zero attached hydrogens (tertiary/aromatic N) is 1. The quantitative estimate of drug-likeness (QED) is 0.675. The Labute approximate surface area is 117 Å². The summed E-state index contributed by atoms with van der Waals surface area (Å²) < 4.78 is 0. The van der Waals surface area contributed by atoms with Crippen LogP contribution in [0.1, 0.15) is 40.5 Å². The van der Waals surface area contributed by atoms with Crippen molar-refractivity contribution in [1.82, 2.24) is 4.90 Å². The number of hydrogen-bond acceptors (Lipinski definition) is 2. The Bertz CT molecular complexity index is 388. The van der Waals surface area contributed by atoms with Crippen molar-refractivity contribution in [3.8, 4) is 0 Å². The largest absolute Gasteiger partial charge is 0.377 e. The van der Waals surface area contributed by atoms with Gasteiger partial charge in [0, 0.05) is 31.3 Å². The SMILES string of the molecule is C=C/C=C/CC(=O)C1=CN(CC(C)C)CCC1(C)C. The molecule has 1 rings (SSSR count). The number of allylic oxidation sites excluding steroid dienone is 4. The molecule has 0 aromatic carbocycles. The molecule has 1 aliphatic rings. The highest BCUT2D eigenvalue weighted by Gasteiger charge is 2.32. The molecule has 0 amide bonds. The lowest BCUT2D eigenvalue weighted by molar-refractivity contribution is -0.116. The van der Waals surface area contributed by atoms with Gasteiger partial charge in [-0.3, -0.25) is 4.79 Å². The van der Waals surface area contributed by atoms with E-state index in [-0.39, 0.29) is 11.2 Å². The maximum absolute atomic E-state index is 12.3. The van der Waals surface area contributed by atoms with E-state index in [4.69, 9.17) is 0 Å².